The van der Waals surface area contributed by atoms with E-state index in [0.29, 0.717) is 13.1 Å². The second kappa shape index (κ2) is 8.92. The molecule has 156 valence electrons. The van der Waals surface area contributed by atoms with Crippen LogP contribution in [0.3, 0.4) is 0 Å². The van der Waals surface area contributed by atoms with Gasteiger partial charge in [0.15, 0.2) is 6.54 Å². The lowest BCUT2D eigenvalue weighted by Crippen LogP contribution is -2.36. The number of β-amino-alcohol motifs (C(OH)–C–C–N with tert-alkyl or cyclic N) is 1. The topological polar surface area (TPSA) is 27.3 Å². The van der Waals surface area contributed by atoms with Crippen molar-refractivity contribution in [3.63, 3.8) is 0 Å². The first-order valence-corrected chi connectivity index (χ1v) is 11.7. The number of fused-ring (bicyclic) bond motifs is 2. The molecule has 0 atom stereocenters. The molecule has 4 rings (SSSR count). The number of hydrogen-bond donors (Lipinski definition) is 1. The van der Waals surface area contributed by atoms with Gasteiger partial charge in [-0.3, -0.25) is 0 Å². The van der Waals surface area contributed by atoms with Crippen LogP contribution < -0.4 is 9.47 Å². The van der Waals surface area contributed by atoms with Crippen LogP contribution in [0.1, 0.15) is 23.1 Å². The number of thioether (sulfide) groups is 1. The van der Waals surface area contributed by atoms with Crippen molar-refractivity contribution in [3.05, 3.63) is 69.2 Å². The molecule has 30 heavy (non-hydrogen) atoms. The fourth-order valence-electron chi connectivity index (χ4n) is 3.71. The Morgan fingerprint density at radius 3 is 2.70 bits per heavy atom. The Kier molecular flexibility index (Phi) is 6.27. The molecule has 3 aromatic rings. The Hall–Kier alpha value is -2.15. The number of hydrogen-bond acceptors (Lipinski definition) is 4. The normalized spacial score (nSPS) is 15.4. The number of benzene rings is 2. The molecule has 0 unspecified atom stereocenters. The molecule has 1 N–H and O–H groups in total. The van der Waals surface area contributed by atoms with Gasteiger partial charge in [-0.05, 0) is 61.7 Å². The first-order valence-electron chi connectivity index (χ1n) is 10.1. The number of aryl methyl sites for hydroxylation is 3. The lowest BCUT2D eigenvalue weighted by Gasteiger charge is -2.19. The van der Waals surface area contributed by atoms with E-state index >= 15 is 0 Å². The maximum absolute atomic E-state index is 13.3. The Labute approximate surface area is 185 Å². The monoisotopic (exact) mass is 440 g/mol. The van der Waals surface area contributed by atoms with Crippen molar-refractivity contribution < 1.29 is 14.1 Å². The number of aromatic nitrogens is 1. The quantitative estimate of drug-likeness (QED) is 0.504. The fraction of sp³-hybridized carbons (Fsp3) is 0.292. The molecule has 2 heterocycles. The molecule has 0 saturated carbocycles. The molecule has 1 aliphatic rings. The predicted octanol–water partition coefficient (Wildman–Crippen LogP) is 5.62. The first kappa shape index (κ1) is 21.1. The highest BCUT2D eigenvalue weighted by Gasteiger charge is 2.25. The van der Waals surface area contributed by atoms with Crippen LogP contribution in [0.4, 0.5) is 10.1 Å². The fourth-order valence-corrected chi connectivity index (χ4v) is 6.07. The van der Waals surface area contributed by atoms with Crippen LogP contribution in [0.2, 0.25) is 0 Å². The van der Waals surface area contributed by atoms with Crippen molar-refractivity contribution in [2.24, 2.45) is 0 Å². The van der Waals surface area contributed by atoms with Gasteiger partial charge in [-0.15, -0.1) is 0 Å². The molecule has 6 heteroatoms. The number of allylic oxidation sites excluding steroid dienone is 2. The van der Waals surface area contributed by atoms with Gasteiger partial charge in [0, 0.05) is 23.6 Å². The molecule has 2 aromatic carbocycles. The van der Waals surface area contributed by atoms with E-state index < -0.39 is 0 Å². The minimum Gasteiger partial charge on any atom is -0.395 e. The molecule has 0 aliphatic carbocycles. The first-order chi connectivity index (χ1) is 14.5. The summed E-state index contributed by atoms with van der Waals surface area (Å²) in [6.45, 7) is 6.85. The molecule has 0 radical (unpaired) electrons. The van der Waals surface area contributed by atoms with E-state index in [2.05, 4.69) is 78.8 Å². The largest absolute Gasteiger partial charge is 0.395 e. The molecule has 0 bridgehead atoms. The average molecular weight is 441 g/mol. The number of anilines is 1. The van der Waals surface area contributed by atoms with Gasteiger partial charge in [-0.25, -0.2) is 4.39 Å². The zero-order valence-corrected chi connectivity index (χ0v) is 19.1. The number of alkyl halides is 1. The van der Waals surface area contributed by atoms with Gasteiger partial charge in [0.05, 0.1) is 17.3 Å². The van der Waals surface area contributed by atoms with Gasteiger partial charge in [-0.1, -0.05) is 35.2 Å². The maximum atomic E-state index is 13.3. The van der Waals surface area contributed by atoms with Crippen molar-refractivity contribution in [1.82, 2.24) is 0 Å². The summed E-state index contributed by atoms with van der Waals surface area (Å²) in [5.74, 6) is 0. The summed E-state index contributed by atoms with van der Waals surface area (Å²) in [6.07, 6.45) is 4.29. The van der Waals surface area contributed by atoms with E-state index in [9.17, 15) is 9.50 Å². The molecule has 0 spiro atoms. The van der Waals surface area contributed by atoms with E-state index in [-0.39, 0.29) is 13.3 Å². The molecule has 0 fully saturated rings. The van der Waals surface area contributed by atoms with Crippen LogP contribution in [0.5, 0.6) is 0 Å². The summed E-state index contributed by atoms with van der Waals surface area (Å²) >= 11 is 3.41. The number of halogens is 1. The summed E-state index contributed by atoms with van der Waals surface area (Å²) in [7, 11) is 0. The Balaban J connectivity index is 1.72. The minimum absolute atomic E-state index is 0.0974. The Morgan fingerprint density at radius 2 is 1.93 bits per heavy atom. The number of aliphatic hydroxyl groups excluding tert-OH is 1. The van der Waals surface area contributed by atoms with Crippen molar-refractivity contribution in [2.45, 2.75) is 32.2 Å². The van der Waals surface area contributed by atoms with E-state index in [1.807, 2.05) is 0 Å². The summed E-state index contributed by atoms with van der Waals surface area (Å²) in [5.41, 5.74) is 5.72. The van der Waals surface area contributed by atoms with Crippen molar-refractivity contribution in [3.8, 4) is 0 Å². The van der Waals surface area contributed by atoms with Gasteiger partial charge in [0.1, 0.15) is 11.4 Å². The smallest absolute Gasteiger partial charge is 0.263 e. The number of thiazole rings is 1. The summed E-state index contributed by atoms with van der Waals surface area (Å²) in [4.78, 5) is 3.38. The van der Waals surface area contributed by atoms with Gasteiger partial charge in [0.25, 0.3) is 5.01 Å². The highest BCUT2D eigenvalue weighted by atomic mass is 32.2. The van der Waals surface area contributed by atoms with E-state index in [0.717, 1.165) is 26.8 Å². The van der Waals surface area contributed by atoms with Crippen LogP contribution in [0.15, 0.2) is 58.0 Å². The van der Waals surface area contributed by atoms with Crippen molar-refractivity contribution in [1.29, 1.82) is 0 Å². The Bertz CT molecular complexity index is 1150. The van der Waals surface area contributed by atoms with Gasteiger partial charge in [-0.2, -0.15) is 4.57 Å². The SMILES string of the molecule is CC(/C=C1\Sc2ccc(C)cc2N1CCO)=C\c1sc2ccc(C)cc2[n+]1CC[18F]. The van der Waals surface area contributed by atoms with E-state index in [1.54, 1.807) is 23.1 Å². The average Bonchev–Trinajstić information content (AvgIpc) is 3.20. The third kappa shape index (κ3) is 4.17. The molecule has 0 saturated heterocycles. The lowest BCUT2D eigenvalue weighted by molar-refractivity contribution is -0.668. The molecule has 1 aromatic heterocycles. The highest BCUT2D eigenvalue weighted by Crippen LogP contribution is 2.46. The second-order valence-electron chi connectivity index (χ2n) is 7.57. The molecule has 0 amide bonds. The van der Waals surface area contributed by atoms with Crippen LogP contribution >= 0.6 is 23.1 Å². The van der Waals surface area contributed by atoms with Crippen LogP contribution in [0, 0.1) is 13.8 Å². The maximum Gasteiger partial charge on any atom is 0.263 e. The molecular weight excluding hydrogens is 414 g/mol. The molecule has 1 aliphatic heterocycles. The van der Waals surface area contributed by atoms with Crippen molar-refractivity contribution in [2.75, 3.05) is 24.7 Å². The number of nitrogens with zero attached hydrogens (tertiary/aromatic N) is 2. The summed E-state index contributed by atoms with van der Waals surface area (Å²) in [6, 6.07) is 12.8. The summed E-state index contributed by atoms with van der Waals surface area (Å²) in [5, 5.41) is 11.7. The summed E-state index contributed by atoms with van der Waals surface area (Å²) < 4.78 is 16.5. The third-order valence-electron chi connectivity index (χ3n) is 5.11. The van der Waals surface area contributed by atoms with Gasteiger partial charge in [0.2, 0.25) is 5.52 Å². The van der Waals surface area contributed by atoms with Crippen LogP contribution in [-0.4, -0.2) is 24.9 Å². The van der Waals surface area contributed by atoms with Crippen LogP contribution in [-0.2, 0) is 6.54 Å². The van der Waals surface area contributed by atoms with Gasteiger partial charge < -0.3 is 10.0 Å². The minimum atomic E-state index is -0.389. The highest BCUT2D eigenvalue weighted by molar-refractivity contribution is 8.03. The van der Waals surface area contributed by atoms with E-state index in [1.165, 1.54) is 20.7 Å². The van der Waals surface area contributed by atoms with Crippen molar-refractivity contribution >= 4 is 45.1 Å². The zero-order valence-electron chi connectivity index (χ0n) is 17.5. The second-order valence-corrected chi connectivity index (χ2v) is 9.70. The number of aliphatic hydroxyl groups is 1. The van der Waals surface area contributed by atoms with Crippen LogP contribution in [0.25, 0.3) is 16.3 Å². The lowest BCUT2D eigenvalue weighted by atomic mass is 10.2. The Morgan fingerprint density at radius 1 is 1.17 bits per heavy atom. The third-order valence-corrected chi connectivity index (χ3v) is 7.33. The molecule has 3 nitrogen and oxygen atoms in total. The molecular formula is C24H26FN2OS2+. The zero-order chi connectivity index (χ0) is 21.3. The predicted molar refractivity (Wildman–Crippen MR) is 126 cm³/mol. The number of rotatable bonds is 6. The standard InChI is InChI=1S/C24H26FN2OS2/c1-16-4-6-21-19(12-16)26(9-8-25)23(29-21)14-18(3)15-24-27(10-11-28)20-13-17(2)5-7-22(20)30-24/h4-7,12-15,28H,8-11H2,1-3H3/q+1/i25-1. The van der Waals surface area contributed by atoms with Gasteiger partial charge >= 0.3 is 0 Å². The van der Waals surface area contributed by atoms with E-state index in [4.69, 9.17) is 0 Å².